The van der Waals surface area contributed by atoms with Crippen LogP contribution in [0, 0.1) is 10.7 Å². The van der Waals surface area contributed by atoms with Gasteiger partial charge in [-0.1, -0.05) is 0 Å². The molecule has 0 aromatic carbocycles. The molecule has 2 N–H and O–H groups in total. The average Bonchev–Trinajstić information content (AvgIpc) is 2.03. The Morgan fingerprint density at radius 2 is 2.00 bits per heavy atom. The first-order valence-corrected chi connectivity index (χ1v) is 8.40. The van der Waals surface area contributed by atoms with Gasteiger partial charge >= 0.3 is 6.09 Å². The van der Waals surface area contributed by atoms with Crippen molar-refractivity contribution < 1.29 is 13.7 Å². The zero-order valence-corrected chi connectivity index (χ0v) is 12.4. The number of hydrogen-bond donors (Lipinski definition) is 2. The molecule has 0 aliphatic heterocycles. The van der Waals surface area contributed by atoms with E-state index >= 15 is 0 Å². The third-order valence-electron chi connectivity index (χ3n) is 2.87. The van der Waals surface area contributed by atoms with Gasteiger partial charge in [0.15, 0.2) is 0 Å². The molecule has 106 valence electrons. The maximum atomic E-state index is 11.5. The number of carbonyl (C=O) groups is 1. The Morgan fingerprint density at radius 1 is 1.44 bits per heavy atom. The number of ether oxygens (including phenoxy) is 1. The molecule has 0 heterocycles. The Kier molecular flexibility index (Phi) is 4.64. The van der Waals surface area contributed by atoms with Crippen molar-refractivity contribution in [1.82, 2.24) is 5.32 Å². The lowest BCUT2D eigenvalue weighted by Crippen LogP contribution is -2.46. The van der Waals surface area contributed by atoms with Crippen molar-refractivity contribution in [2.24, 2.45) is 5.92 Å². The molecule has 1 amide bonds. The fourth-order valence-corrected chi connectivity index (χ4v) is 2.74. The fraction of sp³-hybridized carbons (Fsp3) is 0.917. The minimum Gasteiger partial charge on any atom is -0.444 e. The van der Waals surface area contributed by atoms with E-state index in [1.807, 2.05) is 20.8 Å². The van der Waals surface area contributed by atoms with Crippen LogP contribution < -0.4 is 5.32 Å². The summed E-state index contributed by atoms with van der Waals surface area (Å²) in [6.07, 6.45) is 3.71. The second kappa shape index (κ2) is 5.47. The molecule has 1 saturated carbocycles. The zero-order valence-electron chi connectivity index (χ0n) is 11.6. The Balaban J connectivity index is 2.18. The molecule has 0 aromatic heterocycles. The highest BCUT2D eigenvalue weighted by Crippen LogP contribution is 2.30. The van der Waals surface area contributed by atoms with Crippen LogP contribution in [0.15, 0.2) is 0 Å². The molecule has 1 rings (SSSR count). The highest BCUT2D eigenvalue weighted by Gasteiger charge is 2.31. The maximum Gasteiger partial charge on any atom is 0.407 e. The molecule has 0 radical (unpaired) electrons. The summed E-state index contributed by atoms with van der Waals surface area (Å²) in [5.41, 5.74) is -0.466. The standard InChI is InChI=1S/C12H24N2O3S/c1-12(2,3)17-11(15)14-10-7-9(8-10)5-6-18(4,13)16/h9-10,13H,5-8H2,1-4H3,(H,14,15). The second-order valence-corrected chi connectivity index (χ2v) is 8.60. The number of hydrogen-bond acceptors (Lipinski definition) is 4. The number of alkyl carbamates (subject to hydrolysis) is 1. The maximum absolute atomic E-state index is 11.5. The Labute approximate surface area is 110 Å². The van der Waals surface area contributed by atoms with Crippen LogP contribution in [0.5, 0.6) is 0 Å². The molecular formula is C12H24N2O3S. The molecule has 0 bridgehead atoms. The molecule has 0 spiro atoms. The van der Waals surface area contributed by atoms with Crippen LogP contribution in [0.4, 0.5) is 4.79 Å². The molecule has 18 heavy (non-hydrogen) atoms. The summed E-state index contributed by atoms with van der Waals surface area (Å²) in [5, 5.41) is 2.82. The normalized spacial score (nSPS) is 26.9. The van der Waals surface area contributed by atoms with Gasteiger partial charge in [0, 0.05) is 27.8 Å². The lowest BCUT2D eigenvalue weighted by atomic mass is 9.79. The summed E-state index contributed by atoms with van der Waals surface area (Å²) in [4.78, 5) is 11.5. The SMILES string of the molecule is CC(C)(C)OC(=O)NC1CC(CCS(C)(=N)=O)C1. The topological polar surface area (TPSA) is 79.2 Å². The van der Waals surface area contributed by atoms with Crippen molar-refractivity contribution in [3.63, 3.8) is 0 Å². The lowest BCUT2D eigenvalue weighted by molar-refractivity contribution is 0.0451. The number of amides is 1. The average molecular weight is 276 g/mol. The fourth-order valence-electron chi connectivity index (χ4n) is 1.96. The summed E-state index contributed by atoms with van der Waals surface area (Å²) in [7, 11) is -2.37. The molecule has 5 nitrogen and oxygen atoms in total. The van der Waals surface area contributed by atoms with Crippen molar-refractivity contribution >= 4 is 15.8 Å². The smallest absolute Gasteiger partial charge is 0.407 e. The predicted octanol–water partition coefficient (Wildman–Crippen LogP) is 2.36. The number of nitrogens with one attached hydrogen (secondary N) is 2. The Bertz CT molecular complexity index is 392. The van der Waals surface area contributed by atoms with Crippen LogP contribution in [0.2, 0.25) is 0 Å². The van der Waals surface area contributed by atoms with E-state index in [1.165, 1.54) is 6.26 Å². The van der Waals surface area contributed by atoms with E-state index in [4.69, 9.17) is 9.52 Å². The molecule has 1 unspecified atom stereocenters. The Morgan fingerprint density at radius 3 is 2.44 bits per heavy atom. The monoisotopic (exact) mass is 276 g/mol. The van der Waals surface area contributed by atoms with Gasteiger partial charge < -0.3 is 10.1 Å². The number of rotatable bonds is 4. The third-order valence-corrected chi connectivity index (χ3v) is 3.89. The van der Waals surface area contributed by atoms with E-state index in [-0.39, 0.29) is 12.1 Å². The van der Waals surface area contributed by atoms with Crippen LogP contribution in [-0.2, 0) is 14.5 Å². The van der Waals surface area contributed by atoms with Crippen LogP contribution in [0.25, 0.3) is 0 Å². The van der Waals surface area contributed by atoms with Crippen molar-refractivity contribution in [1.29, 1.82) is 4.78 Å². The van der Waals surface area contributed by atoms with Crippen molar-refractivity contribution in [3.05, 3.63) is 0 Å². The molecule has 1 aliphatic carbocycles. The van der Waals surface area contributed by atoms with Gasteiger partial charge in [-0.25, -0.2) is 4.79 Å². The van der Waals surface area contributed by atoms with E-state index < -0.39 is 15.3 Å². The summed E-state index contributed by atoms with van der Waals surface area (Å²) in [5.74, 6) is 0.938. The number of carbonyl (C=O) groups excluding carboxylic acids is 1. The molecule has 6 heteroatoms. The highest BCUT2D eigenvalue weighted by molar-refractivity contribution is 7.91. The van der Waals surface area contributed by atoms with Gasteiger partial charge in [-0.05, 0) is 46.0 Å². The van der Waals surface area contributed by atoms with Gasteiger partial charge in [0.2, 0.25) is 0 Å². The molecule has 0 aromatic rings. The van der Waals surface area contributed by atoms with Gasteiger partial charge in [-0.2, -0.15) is 0 Å². The van der Waals surface area contributed by atoms with E-state index in [1.54, 1.807) is 0 Å². The van der Waals surface area contributed by atoms with E-state index in [9.17, 15) is 9.00 Å². The van der Waals surface area contributed by atoms with E-state index in [2.05, 4.69) is 5.32 Å². The van der Waals surface area contributed by atoms with Crippen molar-refractivity contribution in [2.45, 2.75) is 51.7 Å². The molecule has 1 atom stereocenters. The van der Waals surface area contributed by atoms with Gasteiger partial charge in [0.05, 0.1) is 0 Å². The molecule has 0 saturated heterocycles. The largest absolute Gasteiger partial charge is 0.444 e. The van der Waals surface area contributed by atoms with Gasteiger partial charge in [-0.15, -0.1) is 0 Å². The van der Waals surface area contributed by atoms with Crippen LogP contribution in [0.1, 0.15) is 40.0 Å². The summed E-state index contributed by atoms with van der Waals surface area (Å²) in [6.45, 7) is 5.51. The first-order chi connectivity index (χ1) is 8.05. The molecular weight excluding hydrogens is 252 g/mol. The quantitative estimate of drug-likeness (QED) is 0.827. The van der Waals surface area contributed by atoms with E-state index in [0.29, 0.717) is 11.7 Å². The Hall–Kier alpha value is -0.780. The minimum absolute atomic E-state index is 0.170. The second-order valence-electron chi connectivity index (χ2n) is 6.18. The first kappa shape index (κ1) is 15.3. The molecule has 1 aliphatic rings. The van der Waals surface area contributed by atoms with Crippen molar-refractivity contribution in [3.8, 4) is 0 Å². The third kappa shape index (κ3) is 6.23. The summed E-state index contributed by atoms with van der Waals surface area (Å²) < 4.78 is 23.7. The van der Waals surface area contributed by atoms with E-state index in [0.717, 1.165) is 19.3 Å². The predicted molar refractivity (Wildman–Crippen MR) is 72.2 cm³/mol. The lowest BCUT2D eigenvalue weighted by Gasteiger charge is -2.36. The van der Waals surface area contributed by atoms with Crippen LogP contribution in [-0.4, -0.2) is 34.0 Å². The first-order valence-electron chi connectivity index (χ1n) is 6.26. The summed E-state index contributed by atoms with van der Waals surface area (Å²) >= 11 is 0. The van der Waals surface area contributed by atoms with Gasteiger partial charge in [-0.3, -0.25) is 8.99 Å². The highest BCUT2D eigenvalue weighted by atomic mass is 32.2. The van der Waals surface area contributed by atoms with Crippen LogP contribution in [0.3, 0.4) is 0 Å². The van der Waals surface area contributed by atoms with Crippen molar-refractivity contribution in [2.75, 3.05) is 12.0 Å². The van der Waals surface area contributed by atoms with Crippen LogP contribution >= 0.6 is 0 Å². The van der Waals surface area contributed by atoms with Gasteiger partial charge in [0.25, 0.3) is 0 Å². The zero-order chi connectivity index (χ0) is 14.0. The minimum atomic E-state index is -2.37. The summed E-state index contributed by atoms with van der Waals surface area (Å²) in [6, 6.07) is 0.170. The molecule has 1 fully saturated rings. The van der Waals surface area contributed by atoms with Gasteiger partial charge in [0.1, 0.15) is 5.60 Å².